The third-order valence-electron chi connectivity index (χ3n) is 4.35. The molecule has 0 unspecified atom stereocenters. The maximum Gasteiger partial charge on any atom is 0.238 e. The van der Waals surface area contributed by atoms with E-state index in [1.54, 1.807) is 6.20 Å². The van der Waals surface area contributed by atoms with Crippen LogP contribution in [0.1, 0.15) is 27.9 Å². The maximum atomic E-state index is 12.0. The lowest BCUT2D eigenvalue weighted by Gasteiger charge is -2.13. The molecule has 0 bridgehead atoms. The van der Waals surface area contributed by atoms with E-state index in [4.69, 9.17) is 22.6 Å². The predicted molar refractivity (Wildman–Crippen MR) is 110 cm³/mol. The van der Waals surface area contributed by atoms with Crippen LogP contribution < -0.4 is 16.4 Å². The highest BCUT2D eigenvalue weighted by Gasteiger charge is 2.16. The van der Waals surface area contributed by atoms with E-state index in [1.807, 2.05) is 42.5 Å². The number of sulfonamides is 1. The number of benzene rings is 2. The molecule has 0 amide bonds. The molecular weight excluding hydrogens is 396 g/mol. The topological polar surface area (TPSA) is 111 Å². The van der Waals surface area contributed by atoms with Crippen molar-refractivity contribution in [1.82, 2.24) is 10.4 Å². The second kappa shape index (κ2) is 8.81. The summed E-state index contributed by atoms with van der Waals surface area (Å²) in [6, 6.07) is 16.5. The van der Waals surface area contributed by atoms with Gasteiger partial charge in [0, 0.05) is 29.9 Å². The average molecular weight is 417 g/mol. The lowest BCUT2D eigenvalue weighted by molar-refractivity contribution is 0.597. The molecular formula is C20H21ClN4O2S. The summed E-state index contributed by atoms with van der Waals surface area (Å²) in [6.45, 7) is 0.566. The highest BCUT2D eigenvalue weighted by atomic mass is 35.5. The predicted octanol–water partition coefficient (Wildman–Crippen LogP) is 2.53. The van der Waals surface area contributed by atoms with Crippen molar-refractivity contribution >= 4 is 21.6 Å². The van der Waals surface area contributed by atoms with Crippen LogP contribution in [0.5, 0.6) is 0 Å². The number of rotatable bonds is 7. The van der Waals surface area contributed by atoms with Crippen LogP contribution in [0.15, 0.2) is 65.7 Å². The van der Waals surface area contributed by atoms with E-state index in [1.165, 1.54) is 12.1 Å². The van der Waals surface area contributed by atoms with Gasteiger partial charge in [-0.1, -0.05) is 41.9 Å². The van der Waals surface area contributed by atoms with Crippen molar-refractivity contribution in [1.29, 1.82) is 0 Å². The van der Waals surface area contributed by atoms with Crippen LogP contribution in [0.4, 0.5) is 0 Å². The lowest BCUT2D eigenvalue weighted by atomic mass is 9.99. The van der Waals surface area contributed by atoms with Crippen LogP contribution in [-0.4, -0.2) is 13.4 Å². The summed E-state index contributed by atoms with van der Waals surface area (Å²) >= 11 is 6.62. The molecule has 2 aromatic carbocycles. The molecule has 0 atom stereocenters. The number of aromatic nitrogens is 1. The zero-order valence-electron chi connectivity index (χ0n) is 15.1. The van der Waals surface area contributed by atoms with E-state index in [-0.39, 0.29) is 4.90 Å². The summed E-state index contributed by atoms with van der Waals surface area (Å²) in [5, 5.41) is 5.90. The largest absolute Gasteiger partial charge is 0.271 e. The molecule has 1 aromatic heterocycles. The Hall–Kier alpha value is -2.29. The van der Waals surface area contributed by atoms with Crippen LogP contribution in [0, 0.1) is 0 Å². The Kier molecular flexibility index (Phi) is 6.43. The van der Waals surface area contributed by atoms with Crippen LogP contribution in [-0.2, 0) is 29.4 Å². The van der Waals surface area contributed by atoms with E-state index < -0.39 is 10.0 Å². The fraction of sp³-hybridized carbons (Fsp3) is 0.150. The first-order chi connectivity index (χ1) is 13.4. The van der Waals surface area contributed by atoms with Gasteiger partial charge in [-0.25, -0.2) is 13.6 Å². The number of pyridine rings is 1. The molecule has 5 N–H and O–H groups in total. The third-order valence-corrected chi connectivity index (χ3v) is 5.73. The normalized spacial score (nSPS) is 11.5. The Morgan fingerprint density at radius 2 is 1.61 bits per heavy atom. The van der Waals surface area contributed by atoms with E-state index >= 15 is 0 Å². The van der Waals surface area contributed by atoms with Crippen molar-refractivity contribution in [3.05, 3.63) is 93.8 Å². The van der Waals surface area contributed by atoms with Crippen LogP contribution in [0.2, 0.25) is 5.02 Å². The van der Waals surface area contributed by atoms with E-state index in [2.05, 4.69) is 10.4 Å². The van der Waals surface area contributed by atoms with Crippen LogP contribution >= 0.6 is 11.6 Å². The van der Waals surface area contributed by atoms with Gasteiger partial charge in [-0.15, -0.1) is 0 Å². The Balaban J connectivity index is 1.98. The Bertz CT molecular complexity index is 1060. The summed E-state index contributed by atoms with van der Waals surface area (Å²) in [5.74, 6) is 5.34. The average Bonchev–Trinajstić information content (AvgIpc) is 2.66. The van der Waals surface area contributed by atoms with Gasteiger partial charge >= 0.3 is 0 Å². The fourth-order valence-corrected chi connectivity index (χ4v) is 3.81. The molecule has 3 rings (SSSR count). The van der Waals surface area contributed by atoms with Gasteiger partial charge in [0.1, 0.15) is 0 Å². The maximum absolute atomic E-state index is 12.0. The van der Waals surface area contributed by atoms with Gasteiger partial charge < -0.3 is 0 Å². The molecule has 0 saturated carbocycles. The standard InChI is InChI=1S/C20H21ClN4O2S/c21-20-16(9-14-4-6-15(7-5-14)13-25-22)11-19(28(23,26)27)12-17(20)10-18-3-1-2-8-24-18/h1-8,11-12,25H,9-10,13,22H2,(H2,23,26,27). The number of primary sulfonamides is 1. The highest BCUT2D eigenvalue weighted by Crippen LogP contribution is 2.29. The van der Waals surface area contributed by atoms with Crippen molar-refractivity contribution < 1.29 is 8.42 Å². The highest BCUT2D eigenvalue weighted by molar-refractivity contribution is 7.89. The molecule has 6 nitrogen and oxygen atoms in total. The zero-order valence-corrected chi connectivity index (χ0v) is 16.7. The first kappa shape index (κ1) is 20.4. The van der Waals surface area contributed by atoms with Gasteiger partial charge in [0.25, 0.3) is 0 Å². The molecule has 1 heterocycles. The number of nitrogens with one attached hydrogen (secondary N) is 1. The number of hydrogen-bond acceptors (Lipinski definition) is 5. The van der Waals surface area contributed by atoms with Crippen LogP contribution in [0.3, 0.4) is 0 Å². The van der Waals surface area contributed by atoms with E-state index in [0.717, 1.165) is 16.8 Å². The molecule has 8 heteroatoms. The summed E-state index contributed by atoms with van der Waals surface area (Å²) in [7, 11) is -3.86. The quantitative estimate of drug-likeness (QED) is 0.405. The second-order valence-electron chi connectivity index (χ2n) is 6.47. The molecule has 0 saturated heterocycles. The third kappa shape index (κ3) is 5.15. The van der Waals surface area contributed by atoms with Gasteiger partial charge in [0.2, 0.25) is 10.0 Å². The van der Waals surface area contributed by atoms with Crippen molar-refractivity contribution in [3.63, 3.8) is 0 Å². The van der Waals surface area contributed by atoms with Gasteiger partial charge in [0.15, 0.2) is 0 Å². The van der Waals surface area contributed by atoms with Crippen molar-refractivity contribution in [3.8, 4) is 0 Å². The number of nitrogens with two attached hydrogens (primary N) is 2. The number of nitrogens with zero attached hydrogens (tertiary/aromatic N) is 1. The van der Waals surface area contributed by atoms with Gasteiger partial charge in [-0.2, -0.15) is 0 Å². The number of hydrogen-bond donors (Lipinski definition) is 3. The van der Waals surface area contributed by atoms with Crippen molar-refractivity contribution in [2.75, 3.05) is 0 Å². The summed E-state index contributed by atoms with van der Waals surface area (Å²) in [5.41, 5.74) is 6.82. The minimum atomic E-state index is -3.86. The first-order valence-corrected chi connectivity index (χ1v) is 10.5. The molecule has 3 aromatic rings. The molecule has 0 fully saturated rings. The van der Waals surface area contributed by atoms with Gasteiger partial charge in [-0.3, -0.25) is 16.3 Å². The first-order valence-electron chi connectivity index (χ1n) is 8.62. The molecule has 0 aliphatic rings. The molecule has 146 valence electrons. The molecule has 0 aliphatic carbocycles. The van der Waals surface area contributed by atoms with E-state index in [9.17, 15) is 8.42 Å². The fourth-order valence-electron chi connectivity index (χ4n) is 2.95. The monoisotopic (exact) mass is 416 g/mol. The van der Waals surface area contributed by atoms with Gasteiger partial charge in [0.05, 0.1) is 4.90 Å². The molecule has 0 radical (unpaired) electrons. The Morgan fingerprint density at radius 3 is 2.18 bits per heavy atom. The zero-order chi connectivity index (χ0) is 20.1. The molecule has 0 aliphatic heterocycles. The Labute approximate surface area is 169 Å². The Morgan fingerprint density at radius 1 is 0.964 bits per heavy atom. The lowest BCUT2D eigenvalue weighted by Crippen LogP contribution is -2.20. The van der Waals surface area contributed by atoms with Crippen molar-refractivity contribution in [2.24, 2.45) is 11.0 Å². The second-order valence-corrected chi connectivity index (χ2v) is 8.41. The number of hydrazine groups is 1. The molecule has 28 heavy (non-hydrogen) atoms. The summed E-state index contributed by atoms with van der Waals surface area (Å²) in [4.78, 5) is 4.34. The van der Waals surface area contributed by atoms with Gasteiger partial charge in [-0.05, 0) is 52.9 Å². The number of halogens is 1. The summed E-state index contributed by atoms with van der Waals surface area (Å²) < 4.78 is 23.9. The summed E-state index contributed by atoms with van der Waals surface area (Å²) in [6.07, 6.45) is 2.58. The smallest absolute Gasteiger partial charge is 0.238 e. The minimum Gasteiger partial charge on any atom is -0.271 e. The van der Waals surface area contributed by atoms with Crippen molar-refractivity contribution in [2.45, 2.75) is 24.3 Å². The van der Waals surface area contributed by atoms with E-state index in [0.29, 0.717) is 35.5 Å². The minimum absolute atomic E-state index is 0.0433. The SMILES string of the molecule is NNCc1ccc(Cc2cc(S(N)(=O)=O)cc(Cc3ccccn3)c2Cl)cc1. The molecule has 0 spiro atoms. The van der Waals surface area contributed by atoms with Crippen LogP contribution in [0.25, 0.3) is 0 Å².